The number of ether oxygens (including phenoxy) is 3. The number of nitrogens with zero attached hydrogens (tertiary/aromatic N) is 2. The number of aromatic nitrogens is 2. The van der Waals surface area contributed by atoms with Crippen LogP contribution >= 0.6 is 7.75 Å². The molecule has 0 radical (unpaired) electrons. The zero-order chi connectivity index (χ0) is 28.5. The van der Waals surface area contributed by atoms with Gasteiger partial charge in [0.1, 0.15) is 24.1 Å². The molecule has 0 spiro atoms. The third-order valence-corrected chi connectivity index (χ3v) is 7.36. The van der Waals surface area contributed by atoms with E-state index in [1.165, 1.54) is 6.92 Å². The smallest absolute Gasteiger partial charge is 0.407 e. The molecule has 2 heterocycles. The quantitative estimate of drug-likeness (QED) is 0.223. The topological polar surface area (TPSA) is 191 Å². The Balaban J connectivity index is 1.85. The van der Waals surface area contributed by atoms with Crippen LogP contribution in [0.15, 0.2) is 17.1 Å². The molecule has 0 amide bonds. The predicted octanol–water partition coefficient (Wildman–Crippen LogP) is 0.743. The predicted molar refractivity (Wildman–Crippen MR) is 125 cm³/mol. The summed E-state index contributed by atoms with van der Waals surface area (Å²) in [7, 11) is -4.76. The molecule has 1 aliphatic heterocycles. The molecule has 4 N–H and O–H groups in total. The van der Waals surface area contributed by atoms with E-state index in [1.807, 2.05) is 0 Å². The number of nitrogen functional groups attached to an aromatic ring is 1. The molecule has 1 aliphatic carbocycles. The zero-order valence-electron chi connectivity index (χ0n) is 21.2. The summed E-state index contributed by atoms with van der Waals surface area (Å²) in [6.07, 6.45) is -4.93. The summed E-state index contributed by atoms with van der Waals surface area (Å²) in [5.74, 6) is -6.23. The van der Waals surface area contributed by atoms with E-state index < -0.39 is 68.0 Å². The average Bonchev–Trinajstić information content (AvgIpc) is 3.30. The molecule has 17 heteroatoms. The number of hydrogen-bond acceptors (Lipinski definition) is 12. The molecule has 3 rings (SSSR count). The van der Waals surface area contributed by atoms with Gasteiger partial charge >= 0.3 is 31.3 Å². The molecule has 2 fully saturated rings. The third-order valence-electron chi connectivity index (χ3n) is 5.76. The van der Waals surface area contributed by atoms with Gasteiger partial charge in [0.05, 0.1) is 13.2 Å². The van der Waals surface area contributed by atoms with Gasteiger partial charge in [0.2, 0.25) is 6.23 Å². The first kappa shape index (κ1) is 30.1. The van der Waals surface area contributed by atoms with E-state index in [4.69, 9.17) is 29.0 Å². The van der Waals surface area contributed by atoms with Gasteiger partial charge in [-0.25, -0.2) is 19.2 Å². The van der Waals surface area contributed by atoms with Crippen molar-refractivity contribution in [2.75, 3.05) is 25.6 Å². The van der Waals surface area contributed by atoms with E-state index in [1.54, 1.807) is 20.8 Å². The fourth-order valence-electron chi connectivity index (χ4n) is 3.97. The molecule has 6 atom stereocenters. The van der Waals surface area contributed by atoms with E-state index in [9.17, 15) is 24.1 Å². The van der Waals surface area contributed by atoms with Crippen molar-refractivity contribution in [3.05, 3.63) is 22.7 Å². The molecule has 1 aromatic heterocycles. The first-order valence-electron chi connectivity index (χ1n) is 11.8. The number of fused-ring (bicyclic) bond motifs is 1. The average molecular weight is 568 g/mol. The highest BCUT2D eigenvalue weighted by molar-refractivity contribution is 7.51. The number of carbonyl (C=O) groups excluding carboxylic acids is 2. The fraction of sp³-hybridized carbons (Fsp3) is 0.714. The third kappa shape index (κ3) is 5.90. The molecule has 14 nitrogen and oxygen atoms in total. The second-order valence-corrected chi connectivity index (χ2v) is 10.8. The maximum absolute atomic E-state index is 15.3. The summed E-state index contributed by atoms with van der Waals surface area (Å²) in [6.45, 7) is 5.64. The number of halogens is 2. The molecular formula is C21H31F2N4O10P. The van der Waals surface area contributed by atoms with Gasteiger partial charge in [-0.15, -0.1) is 0 Å². The molecule has 214 valence electrons. The SMILES string of the molecule is CCOC(=O)COP(=O)(N[C@@H](CC(C)C)C(=O)OCC)OC1[C@H]2O[C@@H](n3ccc(N)nc3=O)C(F)(F)[C@@]12O. The number of hydrogen-bond donors (Lipinski definition) is 3. The highest BCUT2D eigenvalue weighted by atomic mass is 31.2. The van der Waals surface area contributed by atoms with E-state index in [0.717, 1.165) is 12.3 Å². The molecule has 1 saturated heterocycles. The zero-order valence-corrected chi connectivity index (χ0v) is 22.1. The Hall–Kier alpha value is -2.49. The molecule has 2 unspecified atom stereocenters. The first-order chi connectivity index (χ1) is 17.7. The molecule has 0 aromatic carbocycles. The lowest BCUT2D eigenvalue weighted by molar-refractivity contribution is -0.195. The van der Waals surface area contributed by atoms with Crippen LogP contribution in [-0.4, -0.2) is 76.2 Å². The van der Waals surface area contributed by atoms with Gasteiger partial charge in [-0.2, -0.15) is 13.8 Å². The summed E-state index contributed by atoms with van der Waals surface area (Å²) >= 11 is 0. The Bertz CT molecular complexity index is 1150. The van der Waals surface area contributed by atoms with Crippen LogP contribution in [0.4, 0.5) is 14.6 Å². The van der Waals surface area contributed by atoms with Crippen molar-refractivity contribution in [3.63, 3.8) is 0 Å². The Kier molecular flexibility index (Phi) is 8.95. The molecular weight excluding hydrogens is 537 g/mol. The van der Waals surface area contributed by atoms with Crippen LogP contribution in [0.25, 0.3) is 0 Å². The van der Waals surface area contributed by atoms with Gasteiger partial charge in [-0.1, -0.05) is 13.8 Å². The van der Waals surface area contributed by atoms with Crippen LogP contribution in [0.1, 0.15) is 40.3 Å². The fourth-order valence-corrected chi connectivity index (χ4v) is 5.60. The maximum Gasteiger partial charge on any atom is 0.407 e. The summed E-state index contributed by atoms with van der Waals surface area (Å²) < 4.78 is 70.0. The van der Waals surface area contributed by atoms with Crippen LogP contribution in [0.3, 0.4) is 0 Å². The summed E-state index contributed by atoms with van der Waals surface area (Å²) in [5.41, 5.74) is 1.21. The van der Waals surface area contributed by atoms with Crippen molar-refractivity contribution < 1.29 is 51.3 Å². The molecule has 1 saturated carbocycles. The van der Waals surface area contributed by atoms with Crippen molar-refractivity contribution in [1.29, 1.82) is 0 Å². The highest BCUT2D eigenvalue weighted by Crippen LogP contribution is 2.66. The minimum Gasteiger partial charge on any atom is -0.465 e. The lowest BCUT2D eigenvalue weighted by atomic mass is 10.1. The van der Waals surface area contributed by atoms with Gasteiger partial charge in [-0.05, 0) is 32.3 Å². The Morgan fingerprint density at radius 2 is 1.97 bits per heavy atom. The summed E-state index contributed by atoms with van der Waals surface area (Å²) in [6, 6.07) is -0.182. The number of alkyl halides is 2. The van der Waals surface area contributed by atoms with Crippen molar-refractivity contribution in [2.24, 2.45) is 5.92 Å². The number of carbonyl (C=O) groups is 2. The molecule has 1 aromatic rings. The second kappa shape index (κ2) is 11.3. The van der Waals surface area contributed by atoms with Gasteiger partial charge < -0.3 is 25.1 Å². The summed E-state index contributed by atoms with van der Waals surface area (Å²) in [4.78, 5) is 39.7. The standard InChI is InChI=1S/C21H31F2N4O10P/c1-5-33-14(28)10-35-38(32,26-12(9-11(3)4)17(29)34-6-2)37-16-15-20(16,31)21(22,23)18(36-15)27-8-7-13(24)25-19(27)30/h7-8,11-12,15-16,18,31H,5-6,9-10H2,1-4H3,(H,26,32)(H2,24,25,30)/t12-,15+,16?,18+,20-,38?/m0/s1. The number of anilines is 1. The van der Waals surface area contributed by atoms with Crippen molar-refractivity contribution in [1.82, 2.24) is 14.6 Å². The number of esters is 2. The maximum atomic E-state index is 15.3. The Morgan fingerprint density at radius 3 is 2.50 bits per heavy atom. The lowest BCUT2D eigenvalue weighted by Crippen LogP contribution is -2.47. The minimum absolute atomic E-state index is 0.00475. The Morgan fingerprint density at radius 1 is 1.32 bits per heavy atom. The van der Waals surface area contributed by atoms with Crippen LogP contribution in [-0.2, 0) is 37.4 Å². The van der Waals surface area contributed by atoms with E-state index in [0.29, 0.717) is 4.57 Å². The number of nitrogens with two attached hydrogens (primary N) is 1. The molecule has 38 heavy (non-hydrogen) atoms. The highest BCUT2D eigenvalue weighted by Gasteiger charge is 2.88. The number of nitrogens with one attached hydrogen (secondary N) is 1. The monoisotopic (exact) mass is 568 g/mol. The van der Waals surface area contributed by atoms with Crippen LogP contribution in [0.2, 0.25) is 0 Å². The normalized spacial score (nSPS) is 27.8. The number of rotatable bonds is 13. The first-order valence-corrected chi connectivity index (χ1v) is 13.4. The van der Waals surface area contributed by atoms with Gasteiger partial charge in [0, 0.05) is 6.20 Å². The number of aliphatic hydroxyl groups is 1. The van der Waals surface area contributed by atoms with Crippen molar-refractivity contribution in [2.45, 2.75) is 70.1 Å². The second-order valence-electron chi connectivity index (χ2n) is 9.06. The van der Waals surface area contributed by atoms with E-state index in [2.05, 4.69) is 10.1 Å². The van der Waals surface area contributed by atoms with Gasteiger partial charge in [0.25, 0.3) is 0 Å². The summed E-state index contributed by atoms with van der Waals surface area (Å²) in [5, 5.41) is 13.1. The molecule has 0 bridgehead atoms. The Labute approximate surface area is 216 Å². The largest absolute Gasteiger partial charge is 0.465 e. The van der Waals surface area contributed by atoms with Crippen LogP contribution < -0.4 is 16.5 Å². The van der Waals surface area contributed by atoms with Gasteiger partial charge in [0.15, 0.2) is 12.2 Å². The molecule has 2 aliphatic rings. The lowest BCUT2D eigenvalue weighted by Gasteiger charge is -2.29. The van der Waals surface area contributed by atoms with E-state index >= 15 is 8.78 Å². The minimum atomic E-state index is -4.76. The van der Waals surface area contributed by atoms with Crippen molar-refractivity contribution >= 4 is 25.5 Å². The van der Waals surface area contributed by atoms with Crippen LogP contribution in [0.5, 0.6) is 0 Å². The van der Waals surface area contributed by atoms with Gasteiger partial charge in [-0.3, -0.25) is 18.4 Å². The van der Waals surface area contributed by atoms with Crippen LogP contribution in [0, 0.1) is 5.92 Å². The van der Waals surface area contributed by atoms with E-state index in [-0.39, 0.29) is 31.4 Å². The van der Waals surface area contributed by atoms with Crippen molar-refractivity contribution in [3.8, 4) is 0 Å².